The number of benzene rings is 1. The Balaban J connectivity index is 0.00000264. The van der Waals surface area contributed by atoms with E-state index in [2.05, 4.69) is 31.2 Å². The predicted molar refractivity (Wildman–Crippen MR) is 100 cm³/mol. The molecule has 1 unspecified atom stereocenters. The first-order valence-corrected chi connectivity index (χ1v) is 8.50. The Morgan fingerprint density at radius 1 is 1.22 bits per heavy atom. The molecule has 0 spiro atoms. The third-order valence-corrected chi connectivity index (χ3v) is 4.73. The van der Waals surface area contributed by atoms with E-state index >= 15 is 0 Å². The summed E-state index contributed by atoms with van der Waals surface area (Å²) in [6.45, 7) is 5.78. The largest absolute Gasteiger partial charge is 0.337 e. The minimum Gasteiger partial charge on any atom is -0.337 e. The number of thiophene rings is 1. The molecule has 126 valence electrons. The van der Waals surface area contributed by atoms with Crippen molar-refractivity contribution in [3.63, 3.8) is 0 Å². The van der Waals surface area contributed by atoms with Gasteiger partial charge < -0.3 is 10.6 Å². The maximum absolute atomic E-state index is 12.6. The molecule has 0 bridgehead atoms. The smallest absolute Gasteiger partial charge is 0.227 e. The molecule has 2 rings (SSSR count). The van der Waals surface area contributed by atoms with Gasteiger partial charge in [0.25, 0.3) is 0 Å². The number of halogens is 1. The molecular weight excluding hydrogens is 328 g/mol. The molecule has 0 radical (unpaired) electrons. The molecule has 1 aromatic heterocycles. The summed E-state index contributed by atoms with van der Waals surface area (Å²) in [5, 5.41) is 0. The molecular formula is C18H25ClN2OS. The van der Waals surface area contributed by atoms with E-state index in [0.29, 0.717) is 13.1 Å². The molecule has 23 heavy (non-hydrogen) atoms. The summed E-state index contributed by atoms with van der Waals surface area (Å²) in [4.78, 5) is 17.0. The number of aryl methyl sites for hydroxylation is 1. The molecule has 1 aromatic carbocycles. The third kappa shape index (κ3) is 5.98. The van der Waals surface area contributed by atoms with E-state index in [-0.39, 0.29) is 24.2 Å². The van der Waals surface area contributed by atoms with E-state index in [0.717, 1.165) is 13.0 Å². The van der Waals surface area contributed by atoms with Crippen LogP contribution in [0.3, 0.4) is 0 Å². The number of rotatable bonds is 7. The van der Waals surface area contributed by atoms with E-state index in [1.165, 1.54) is 15.3 Å². The highest BCUT2D eigenvalue weighted by atomic mass is 35.5. The van der Waals surface area contributed by atoms with Crippen LogP contribution in [0, 0.1) is 12.8 Å². The van der Waals surface area contributed by atoms with Crippen molar-refractivity contribution in [3.8, 4) is 0 Å². The first kappa shape index (κ1) is 19.7. The van der Waals surface area contributed by atoms with Crippen LogP contribution >= 0.6 is 23.7 Å². The zero-order valence-electron chi connectivity index (χ0n) is 13.7. The molecule has 0 saturated carbocycles. The van der Waals surface area contributed by atoms with Gasteiger partial charge in [-0.05, 0) is 31.0 Å². The van der Waals surface area contributed by atoms with Crippen molar-refractivity contribution in [1.29, 1.82) is 0 Å². The van der Waals surface area contributed by atoms with Crippen LogP contribution < -0.4 is 5.73 Å². The van der Waals surface area contributed by atoms with Crippen molar-refractivity contribution in [2.45, 2.75) is 26.8 Å². The quantitative estimate of drug-likeness (QED) is 0.826. The maximum atomic E-state index is 12.6. The van der Waals surface area contributed by atoms with Crippen molar-refractivity contribution in [3.05, 3.63) is 57.8 Å². The second-order valence-electron chi connectivity index (χ2n) is 5.64. The fraction of sp³-hybridized carbons (Fsp3) is 0.389. The molecule has 1 amide bonds. The standard InChI is InChI=1S/C18H24N2OS.ClH/c1-14(12-19)18(21)20(13-17-9-8-15(2)22-17)11-10-16-6-4-3-5-7-16;/h3-9,14H,10-13,19H2,1-2H3;1H. The van der Waals surface area contributed by atoms with Gasteiger partial charge >= 0.3 is 0 Å². The lowest BCUT2D eigenvalue weighted by Gasteiger charge is -2.25. The molecule has 1 atom stereocenters. The number of hydrogen-bond acceptors (Lipinski definition) is 3. The van der Waals surface area contributed by atoms with Gasteiger partial charge in [-0.25, -0.2) is 0 Å². The average molecular weight is 353 g/mol. The van der Waals surface area contributed by atoms with E-state index in [9.17, 15) is 4.79 Å². The summed E-state index contributed by atoms with van der Waals surface area (Å²) in [7, 11) is 0. The van der Waals surface area contributed by atoms with Gasteiger partial charge in [-0.3, -0.25) is 4.79 Å². The lowest BCUT2D eigenvalue weighted by molar-refractivity contribution is -0.135. The minimum absolute atomic E-state index is 0. The lowest BCUT2D eigenvalue weighted by atomic mass is 10.1. The summed E-state index contributed by atoms with van der Waals surface area (Å²) in [6.07, 6.45) is 0.869. The first-order chi connectivity index (χ1) is 10.6. The van der Waals surface area contributed by atoms with Crippen LogP contribution in [0.1, 0.15) is 22.2 Å². The summed E-state index contributed by atoms with van der Waals surface area (Å²) in [6, 6.07) is 14.5. The van der Waals surface area contributed by atoms with Crippen LogP contribution in [0.15, 0.2) is 42.5 Å². The Hall–Kier alpha value is -1.36. The fourth-order valence-corrected chi connectivity index (χ4v) is 3.25. The Morgan fingerprint density at radius 2 is 1.91 bits per heavy atom. The number of hydrogen-bond donors (Lipinski definition) is 1. The van der Waals surface area contributed by atoms with Gasteiger partial charge in [0.2, 0.25) is 5.91 Å². The van der Waals surface area contributed by atoms with Crippen LogP contribution in [0.25, 0.3) is 0 Å². The molecule has 3 nitrogen and oxygen atoms in total. The molecule has 0 saturated heterocycles. The molecule has 2 aromatic rings. The van der Waals surface area contributed by atoms with Crippen LogP contribution in [-0.2, 0) is 17.8 Å². The minimum atomic E-state index is -0.128. The van der Waals surface area contributed by atoms with E-state index < -0.39 is 0 Å². The SMILES string of the molecule is Cc1ccc(CN(CCc2ccccc2)C(=O)C(C)CN)s1.Cl. The van der Waals surface area contributed by atoms with Gasteiger partial charge in [0.05, 0.1) is 6.54 Å². The van der Waals surface area contributed by atoms with Crippen molar-refractivity contribution in [2.75, 3.05) is 13.1 Å². The number of carbonyl (C=O) groups excluding carboxylic acids is 1. The van der Waals surface area contributed by atoms with Gasteiger partial charge in [-0.2, -0.15) is 0 Å². The van der Waals surface area contributed by atoms with Gasteiger partial charge in [0, 0.05) is 28.8 Å². The van der Waals surface area contributed by atoms with Crippen LogP contribution in [0.2, 0.25) is 0 Å². The molecule has 0 fully saturated rings. The number of carbonyl (C=O) groups is 1. The highest BCUT2D eigenvalue weighted by Gasteiger charge is 2.20. The van der Waals surface area contributed by atoms with Crippen molar-refractivity contribution >= 4 is 29.7 Å². The second kappa shape index (κ2) is 9.71. The number of nitrogens with two attached hydrogens (primary N) is 1. The van der Waals surface area contributed by atoms with Gasteiger partial charge in [-0.15, -0.1) is 23.7 Å². The van der Waals surface area contributed by atoms with Crippen molar-refractivity contribution in [1.82, 2.24) is 4.90 Å². The van der Waals surface area contributed by atoms with Crippen LogP contribution in [0.5, 0.6) is 0 Å². The second-order valence-corrected chi connectivity index (χ2v) is 7.02. The molecule has 5 heteroatoms. The molecule has 0 aliphatic rings. The lowest BCUT2D eigenvalue weighted by Crippen LogP contribution is -2.38. The Labute approximate surface area is 148 Å². The normalized spacial score (nSPS) is 11.6. The van der Waals surface area contributed by atoms with E-state index in [1.807, 2.05) is 30.0 Å². The average Bonchev–Trinajstić information content (AvgIpc) is 2.96. The monoisotopic (exact) mass is 352 g/mol. The highest BCUT2D eigenvalue weighted by Crippen LogP contribution is 2.18. The molecule has 0 aliphatic heterocycles. The zero-order valence-corrected chi connectivity index (χ0v) is 15.3. The zero-order chi connectivity index (χ0) is 15.9. The van der Waals surface area contributed by atoms with Crippen molar-refractivity contribution in [2.24, 2.45) is 11.7 Å². The van der Waals surface area contributed by atoms with E-state index in [4.69, 9.17) is 5.73 Å². The summed E-state index contributed by atoms with van der Waals surface area (Å²) >= 11 is 1.75. The van der Waals surface area contributed by atoms with Crippen molar-refractivity contribution < 1.29 is 4.79 Å². The summed E-state index contributed by atoms with van der Waals surface area (Å²) in [5.74, 6) is 0.0151. The molecule has 1 heterocycles. The van der Waals surface area contributed by atoms with Crippen LogP contribution in [0.4, 0.5) is 0 Å². The topological polar surface area (TPSA) is 46.3 Å². The van der Waals surface area contributed by atoms with Gasteiger partial charge in [-0.1, -0.05) is 37.3 Å². The predicted octanol–water partition coefficient (Wildman–Crippen LogP) is 3.64. The Morgan fingerprint density at radius 3 is 2.48 bits per heavy atom. The summed E-state index contributed by atoms with van der Waals surface area (Å²) in [5.41, 5.74) is 6.92. The highest BCUT2D eigenvalue weighted by molar-refractivity contribution is 7.11. The number of nitrogens with zero attached hydrogens (tertiary/aromatic N) is 1. The Kier molecular flexibility index (Phi) is 8.31. The Bertz CT molecular complexity index is 600. The van der Waals surface area contributed by atoms with Gasteiger partial charge in [0.15, 0.2) is 0 Å². The van der Waals surface area contributed by atoms with E-state index in [1.54, 1.807) is 11.3 Å². The summed E-state index contributed by atoms with van der Waals surface area (Å²) < 4.78 is 0. The fourth-order valence-electron chi connectivity index (χ4n) is 2.35. The van der Waals surface area contributed by atoms with Crippen LogP contribution in [-0.4, -0.2) is 23.9 Å². The third-order valence-electron chi connectivity index (χ3n) is 3.74. The molecule has 0 aliphatic carbocycles. The number of amides is 1. The maximum Gasteiger partial charge on any atom is 0.227 e. The van der Waals surface area contributed by atoms with Gasteiger partial charge in [0.1, 0.15) is 0 Å². The molecule has 2 N–H and O–H groups in total. The first-order valence-electron chi connectivity index (χ1n) is 7.68.